The summed E-state index contributed by atoms with van der Waals surface area (Å²) in [6.45, 7) is 3.66. The van der Waals surface area contributed by atoms with Gasteiger partial charge in [-0.1, -0.05) is 0 Å². The summed E-state index contributed by atoms with van der Waals surface area (Å²) < 4.78 is 0. The third kappa shape index (κ3) is 2.41. The van der Waals surface area contributed by atoms with Gasteiger partial charge in [-0.3, -0.25) is 9.59 Å². The maximum absolute atomic E-state index is 11.9. The lowest BCUT2D eigenvalue weighted by atomic mass is 10.1. The summed E-state index contributed by atoms with van der Waals surface area (Å²) in [5, 5.41) is 22.0. The number of nitrogens with zero attached hydrogens (tertiary/aromatic N) is 1. The van der Waals surface area contributed by atoms with Crippen LogP contribution < -0.4 is 5.32 Å². The van der Waals surface area contributed by atoms with Gasteiger partial charge in [-0.15, -0.1) is 0 Å². The van der Waals surface area contributed by atoms with Crippen LogP contribution in [0.25, 0.3) is 0 Å². The highest BCUT2D eigenvalue weighted by atomic mass is 16.3. The van der Waals surface area contributed by atoms with Crippen molar-refractivity contribution in [2.75, 3.05) is 6.54 Å². The van der Waals surface area contributed by atoms with E-state index in [-0.39, 0.29) is 0 Å². The number of hydrogen-bond donors (Lipinski definition) is 3. The lowest BCUT2D eigenvalue weighted by Gasteiger charge is -2.28. The Kier molecular flexibility index (Phi) is 3.47. The smallest absolute Gasteiger partial charge is 0.252 e. The zero-order valence-electron chi connectivity index (χ0n) is 11.0. The molecule has 6 nitrogen and oxygen atoms in total. The topological polar surface area (TPSA) is 89.9 Å². The van der Waals surface area contributed by atoms with Gasteiger partial charge in [-0.2, -0.15) is 0 Å². The molecule has 2 atom stereocenters. The number of fused-ring (bicyclic) bond motifs is 1. The van der Waals surface area contributed by atoms with Gasteiger partial charge < -0.3 is 20.4 Å². The van der Waals surface area contributed by atoms with E-state index in [0.29, 0.717) is 30.8 Å². The van der Waals surface area contributed by atoms with Gasteiger partial charge in [0, 0.05) is 24.6 Å². The molecule has 6 heteroatoms. The van der Waals surface area contributed by atoms with E-state index < -0.39 is 23.5 Å². The van der Waals surface area contributed by atoms with Crippen molar-refractivity contribution in [2.24, 2.45) is 0 Å². The predicted molar refractivity (Wildman–Crippen MR) is 67.6 cm³/mol. The molecule has 0 radical (unpaired) electrons. The van der Waals surface area contributed by atoms with Crippen molar-refractivity contribution in [3.63, 3.8) is 0 Å². The van der Waals surface area contributed by atoms with Crippen molar-refractivity contribution in [1.82, 2.24) is 10.2 Å². The highest BCUT2D eigenvalue weighted by molar-refractivity contribution is 6.02. The second-order valence-corrected chi connectivity index (χ2v) is 5.01. The van der Waals surface area contributed by atoms with Crippen molar-refractivity contribution in [1.29, 1.82) is 0 Å². The van der Waals surface area contributed by atoms with Crippen LogP contribution in [0.5, 0.6) is 0 Å². The van der Waals surface area contributed by atoms with Gasteiger partial charge in [0.15, 0.2) is 0 Å². The van der Waals surface area contributed by atoms with Crippen molar-refractivity contribution in [3.8, 4) is 0 Å². The van der Waals surface area contributed by atoms with Gasteiger partial charge in [0.1, 0.15) is 5.82 Å². The van der Waals surface area contributed by atoms with Crippen LogP contribution in [0.1, 0.15) is 26.7 Å². The van der Waals surface area contributed by atoms with Crippen molar-refractivity contribution < 1.29 is 19.8 Å². The number of amides is 1. The lowest BCUT2D eigenvalue weighted by molar-refractivity contribution is -0.142. The Labute approximate surface area is 111 Å². The van der Waals surface area contributed by atoms with Crippen LogP contribution in [0.3, 0.4) is 0 Å². The highest BCUT2D eigenvalue weighted by Gasteiger charge is 2.50. The zero-order valence-corrected chi connectivity index (χ0v) is 11.0. The number of carbonyl (C=O) groups is 2. The van der Waals surface area contributed by atoms with Crippen LogP contribution in [0.2, 0.25) is 0 Å². The molecule has 3 N–H and O–H groups in total. The van der Waals surface area contributed by atoms with Gasteiger partial charge in [-0.05, 0) is 26.3 Å². The molecule has 2 heterocycles. The fourth-order valence-electron chi connectivity index (χ4n) is 2.45. The van der Waals surface area contributed by atoms with E-state index in [4.69, 9.17) is 0 Å². The maximum atomic E-state index is 11.9. The number of hydrogen-bond acceptors (Lipinski definition) is 5. The quantitative estimate of drug-likeness (QED) is 0.607. The standard InChI is InChI=1S/C13H18N2O4/c1-8(6-9(2)16)12(18)14-11-7-10(17)13(19)4-3-5-15(11)13/h6-7,9,16,19H,3-5H2,1-2H3,(H,14,18)/b8-6+. The van der Waals surface area contributed by atoms with Gasteiger partial charge in [-0.25, -0.2) is 0 Å². The van der Waals surface area contributed by atoms with E-state index in [2.05, 4.69) is 5.32 Å². The first-order valence-electron chi connectivity index (χ1n) is 6.28. The number of carbonyl (C=O) groups excluding carboxylic acids is 2. The molecular weight excluding hydrogens is 248 g/mol. The molecule has 1 fully saturated rings. The Morgan fingerprint density at radius 2 is 2.32 bits per heavy atom. The molecule has 0 bridgehead atoms. The third-order valence-electron chi connectivity index (χ3n) is 3.40. The molecule has 1 amide bonds. The van der Waals surface area contributed by atoms with E-state index in [9.17, 15) is 19.8 Å². The summed E-state index contributed by atoms with van der Waals surface area (Å²) in [6, 6.07) is 0. The third-order valence-corrected chi connectivity index (χ3v) is 3.40. The fourth-order valence-corrected chi connectivity index (χ4v) is 2.45. The summed E-state index contributed by atoms with van der Waals surface area (Å²) in [5.41, 5.74) is -1.12. The number of ketones is 1. The minimum Gasteiger partial charge on any atom is -0.389 e. The van der Waals surface area contributed by atoms with Crippen LogP contribution in [0.15, 0.2) is 23.5 Å². The normalized spacial score (nSPS) is 28.2. The van der Waals surface area contributed by atoms with Crippen LogP contribution in [0.4, 0.5) is 0 Å². The largest absolute Gasteiger partial charge is 0.389 e. The van der Waals surface area contributed by atoms with E-state index in [1.807, 2.05) is 0 Å². The Balaban J connectivity index is 2.11. The first kappa shape index (κ1) is 13.8. The maximum Gasteiger partial charge on any atom is 0.252 e. The number of nitrogens with one attached hydrogen (secondary N) is 1. The van der Waals surface area contributed by atoms with Gasteiger partial charge in [0.2, 0.25) is 11.5 Å². The van der Waals surface area contributed by atoms with Gasteiger partial charge in [0.05, 0.1) is 6.10 Å². The van der Waals surface area contributed by atoms with Gasteiger partial charge in [0.25, 0.3) is 5.91 Å². The lowest BCUT2D eigenvalue weighted by Crippen LogP contribution is -2.46. The van der Waals surface area contributed by atoms with E-state index in [1.165, 1.54) is 17.1 Å². The summed E-state index contributed by atoms with van der Waals surface area (Å²) in [7, 11) is 0. The molecule has 2 unspecified atom stereocenters. The Morgan fingerprint density at radius 1 is 1.63 bits per heavy atom. The summed E-state index contributed by atoms with van der Waals surface area (Å²) in [4.78, 5) is 25.1. The monoisotopic (exact) mass is 266 g/mol. The molecule has 0 spiro atoms. The molecule has 104 valence electrons. The second kappa shape index (κ2) is 4.79. The van der Waals surface area contributed by atoms with E-state index in [1.54, 1.807) is 13.8 Å². The molecule has 0 aliphatic carbocycles. The van der Waals surface area contributed by atoms with Crippen LogP contribution in [0, 0.1) is 0 Å². The fraction of sp³-hybridized carbons (Fsp3) is 0.538. The van der Waals surface area contributed by atoms with E-state index >= 15 is 0 Å². The Bertz CT molecular complexity index is 481. The van der Waals surface area contributed by atoms with Crippen molar-refractivity contribution in [2.45, 2.75) is 38.5 Å². The Morgan fingerprint density at radius 3 is 2.95 bits per heavy atom. The molecule has 1 saturated heterocycles. The molecule has 2 aliphatic heterocycles. The Hall–Kier alpha value is -1.66. The molecule has 0 aromatic rings. The van der Waals surface area contributed by atoms with Crippen molar-refractivity contribution >= 4 is 11.7 Å². The molecule has 0 aromatic carbocycles. The SMILES string of the molecule is C/C(=C\C(C)O)C(=O)NC1=CC(=O)C2(O)CCCN12. The molecule has 2 rings (SSSR count). The number of aliphatic hydroxyl groups is 2. The predicted octanol–water partition coefficient (Wildman–Crippen LogP) is -0.362. The summed E-state index contributed by atoms with van der Waals surface area (Å²) in [6.07, 6.45) is 3.05. The zero-order chi connectivity index (χ0) is 14.2. The average molecular weight is 266 g/mol. The molecular formula is C13H18N2O4. The first-order chi connectivity index (χ1) is 8.84. The van der Waals surface area contributed by atoms with E-state index in [0.717, 1.165) is 0 Å². The highest BCUT2D eigenvalue weighted by Crippen LogP contribution is 2.35. The average Bonchev–Trinajstić information content (AvgIpc) is 2.78. The second-order valence-electron chi connectivity index (χ2n) is 5.01. The molecule has 19 heavy (non-hydrogen) atoms. The summed E-state index contributed by atoms with van der Waals surface area (Å²) in [5.74, 6) is -0.457. The number of aliphatic hydroxyl groups excluding tert-OH is 1. The molecule has 0 saturated carbocycles. The molecule has 2 aliphatic rings. The number of rotatable bonds is 3. The van der Waals surface area contributed by atoms with Crippen LogP contribution >= 0.6 is 0 Å². The minimum atomic E-state index is -1.48. The minimum absolute atomic E-state index is 0.327. The van der Waals surface area contributed by atoms with Gasteiger partial charge >= 0.3 is 0 Å². The first-order valence-corrected chi connectivity index (χ1v) is 6.28. The van der Waals surface area contributed by atoms with Crippen LogP contribution in [-0.2, 0) is 9.59 Å². The summed E-state index contributed by atoms with van der Waals surface area (Å²) >= 11 is 0. The van der Waals surface area contributed by atoms with Crippen LogP contribution in [-0.4, -0.2) is 45.2 Å². The molecule has 0 aromatic heterocycles. The van der Waals surface area contributed by atoms with Crippen molar-refractivity contribution in [3.05, 3.63) is 23.5 Å².